The van der Waals surface area contributed by atoms with E-state index in [-0.39, 0.29) is 5.75 Å². The van der Waals surface area contributed by atoms with Crippen LogP contribution in [-0.2, 0) is 9.63 Å². The number of carboxylic acid groups (broad SMARTS) is 1. The van der Waals surface area contributed by atoms with E-state index in [1.807, 2.05) is 24.3 Å². The van der Waals surface area contributed by atoms with Gasteiger partial charge in [0.05, 0.1) is 18.6 Å². The quantitative estimate of drug-likeness (QED) is 0.546. The molecule has 0 spiro atoms. The third-order valence-electron chi connectivity index (χ3n) is 2.15. The first-order valence-electron chi connectivity index (χ1n) is 5.36. The number of aromatic nitrogens is 3. The number of benzene rings is 1. The summed E-state index contributed by atoms with van der Waals surface area (Å²) in [5.41, 5.74) is 4.34. The van der Waals surface area contributed by atoms with Crippen molar-refractivity contribution in [2.24, 2.45) is 0 Å². The third kappa shape index (κ3) is 3.70. The number of nitrogens with zero attached hydrogens (tertiary/aromatic N) is 2. The fraction of sp³-hybridized carbons (Fsp3) is 0.182. The minimum Gasteiger partial charge on any atom is -0.481 e. The van der Waals surface area contributed by atoms with Crippen molar-refractivity contribution in [3.63, 3.8) is 0 Å². The number of rotatable bonds is 6. The van der Waals surface area contributed by atoms with Crippen LogP contribution in [0.2, 0.25) is 0 Å². The summed E-state index contributed by atoms with van der Waals surface area (Å²) in [4.78, 5) is 18.2. The molecule has 0 radical (unpaired) electrons. The summed E-state index contributed by atoms with van der Waals surface area (Å²) < 4.78 is 0. The number of anilines is 1. The van der Waals surface area contributed by atoms with Crippen molar-refractivity contribution in [2.45, 2.75) is 5.16 Å². The van der Waals surface area contributed by atoms with Gasteiger partial charge in [-0.15, -0.1) is 10.2 Å². The molecule has 0 atom stereocenters. The maximum absolute atomic E-state index is 10.5. The Balaban J connectivity index is 2.13. The van der Waals surface area contributed by atoms with Crippen molar-refractivity contribution in [2.75, 3.05) is 18.3 Å². The molecule has 0 aliphatic carbocycles. The SMILES string of the molecule is CONc1cccc(-c2nnc(SCC(=O)O)[nH]2)c1. The van der Waals surface area contributed by atoms with Gasteiger partial charge in [0.15, 0.2) is 11.0 Å². The van der Waals surface area contributed by atoms with E-state index in [4.69, 9.17) is 9.94 Å². The molecule has 8 heteroatoms. The highest BCUT2D eigenvalue weighted by Crippen LogP contribution is 2.21. The molecular formula is C11H12N4O3S. The second-order valence-electron chi connectivity index (χ2n) is 3.55. The summed E-state index contributed by atoms with van der Waals surface area (Å²) in [6.07, 6.45) is 0. The predicted molar refractivity (Wildman–Crippen MR) is 70.8 cm³/mol. The van der Waals surface area contributed by atoms with Gasteiger partial charge in [0.1, 0.15) is 0 Å². The van der Waals surface area contributed by atoms with Crippen molar-refractivity contribution in [1.29, 1.82) is 0 Å². The van der Waals surface area contributed by atoms with Crippen molar-refractivity contribution >= 4 is 23.4 Å². The number of carbonyl (C=O) groups is 1. The molecule has 2 rings (SSSR count). The summed E-state index contributed by atoms with van der Waals surface area (Å²) in [5, 5.41) is 16.9. The van der Waals surface area contributed by atoms with Gasteiger partial charge in [0, 0.05) is 5.56 Å². The first-order valence-corrected chi connectivity index (χ1v) is 6.34. The third-order valence-corrected chi connectivity index (χ3v) is 3.00. The molecular weight excluding hydrogens is 268 g/mol. The maximum atomic E-state index is 10.5. The van der Waals surface area contributed by atoms with Gasteiger partial charge in [-0.25, -0.2) is 0 Å². The zero-order valence-corrected chi connectivity index (χ0v) is 10.9. The van der Waals surface area contributed by atoms with E-state index in [0.29, 0.717) is 11.0 Å². The van der Waals surface area contributed by atoms with Gasteiger partial charge in [-0.3, -0.25) is 15.1 Å². The van der Waals surface area contributed by atoms with E-state index in [0.717, 1.165) is 23.0 Å². The van der Waals surface area contributed by atoms with E-state index >= 15 is 0 Å². The molecule has 0 bridgehead atoms. The Bertz CT molecular complexity index is 573. The molecule has 0 aliphatic rings. The highest BCUT2D eigenvalue weighted by molar-refractivity contribution is 7.99. The number of thioether (sulfide) groups is 1. The van der Waals surface area contributed by atoms with Crippen molar-refractivity contribution in [3.05, 3.63) is 24.3 Å². The Hall–Kier alpha value is -2.06. The van der Waals surface area contributed by atoms with Gasteiger partial charge in [-0.2, -0.15) is 0 Å². The minimum absolute atomic E-state index is 0.0557. The number of aromatic amines is 1. The van der Waals surface area contributed by atoms with Gasteiger partial charge >= 0.3 is 5.97 Å². The number of nitrogens with one attached hydrogen (secondary N) is 2. The number of hydrogen-bond donors (Lipinski definition) is 3. The average Bonchev–Trinajstić information content (AvgIpc) is 2.86. The monoisotopic (exact) mass is 280 g/mol. The van der Waals surface area contributed by atoms with E-state index in [1.54, 1.807) is 0 Å². The Morgan fingerprint density at radius 1 is 1.53 bits per heavy atom. The van der Waals surface area contributed by atoms with Crippen LogP contribution in [0.25, 0.3) is 11.4 Å². The summed E-state index contributed by atoms with van der Waals surface area (Å²) in [6.45, 7) is 0. The number of hydrogen-bond acceptors (Lipinski definition) is 6. The zero-order valence-electron chi connectivity index (χ0n) is 10.1. The molecule has 3 N–H and O–H groups in total. The summed E-state index contributed by atoms with van der Waals surface area (Å²) in [5.74, 6) is -0.373. The first-order chi connectivity index (χ1) is 9.19. The smallest absolute Gasteiger partial charge is 0.313 e. The molecule has 1 aromatic carbocycles. The lowest BCUT2D eigenvalue weighted by Crippen LogP contribution is -1.97. The van der Waals surface area contributed by atoms with Crippen LogP contribution in [0.1, 0.15) is 0 Å². The van der Waals surface area contributed by atoms with Crippen LogP contribution in [0, 0.1) is 0 Å². The molecule has 7 nitrogen and oxygen atoms in total. The lowest BCUT2D eigenvalue weighted by atomic mass is 10.2. The van der Waals surface area contributed by atoms with Crippen LogP contribution in [0.3, 0.4) is 0 Å². The van der Waals surface area contributed by atoms with E-state index in [9.17, 15) is 4.79 Å². The summed E-state index contributed by atoms with van der Waals surface area (Å²) in [6, 6.07) is 7.41. The minimum atomic E-state index is -0.894. The van der Waals surface area contributed by atoms with Crippen molar-refractivity contribution in [3.8, 4) is 11.4 Å². The molecule has 1 aromatic heterocycles. The molecule has 0 amide bonds. The molecule has 0 fully saturated rings. The molecule has 1 heterocycles. The second kappa shape index (κ2) is 6.21. The van der Waals surface area contributed by atoms with Gasteiger partial charge in [-0.05, 0) is 12.1 Å². The molecule has 0 saturated carbocycles. The lowest BCUT2D eigenvalue weighted by molar-refractivity contribution is -0.133. The Morgan fingerprint density at radius 2 is 2.37 bits per heavy atom. The van der Waals surface area contributed by atoms with E-state index < -0.39 is 5.97 Å². The molecule has 2 aromatic rings. The number of H-pyrrole nitrogens is 1. The first kappa shape index (κ1) is 13.4. The van der Waals surface area contributed by atoms with Crippen LogP contribution >= 0.6 is 11.8 Å². The molecule has 19 heavy (non-hydrogen) atoms. The van der Waals surface area contributed by atoms with Gasteiger partial charge < -0.3 is 10.1 Å². The highest BCUT2D eigenvalue weighted by Gasteiger charge is 2.08. The zero-order chi connectivity index (χ0) is 13.7. The average molecular weight is 280 g/mol. The van der Waals surface area contributed by atoms with Crippen LogP contribution in [-0.4, -0.2) is 39.1 Å². The Labute approximate surface area is 113 Å². The van der Waals surface area contributed by atoms with Crippen molar-refractivity contribution in [1.82, 2.24) is 15.2 Å². The van der Waals surface area contributed by atoms with E-state index in [2.05, 4.69) is 20.7 Å². The largest absolute Gasteiger partial charge is 0.481 e. The van der Waals surface area contributed by atoms with Gasteiger partial charge in [0.2, 0.25) is 0 Å². The fourth-order valence-electron chi connectivity index (χ4n) is 1.42. The molecule has 0 saturated heterocycles. The standard InChI is InChI=1S/C11H12N4O3S/c1-18-15-8-4-2-3-7(5-8)10-12-11(14-13-10)19-6-9(16)17/h2-5,15H,6H2,1H3,(H,16,17)(H,12,13,14). The summed E-state index contributed by atoms with van der Waals surface area (Å²) in [7, 11) is 1.53. The number of aliphatic carboxylic acids is 1. The highest BCUT2D eigenvalue weighted by atomic mass is 32.2. The lowest BCUT2D eigenvalue weighted by Gasteiger charge is -2.03. The van der Waals surface area contributed by atoms with Gasteiger partial charge in [0.25, 0.3) is 0 Å². The fourth-order valence-corrected chi connectivity index (χ4v) is 1.95. The van der Waals surface area contributed by atoms with Crippen LogP contribution in [0.5, 0.6) is 0 Å². The van der Waals surface area contributed by atoms with Crippen molar-refractivity contribution < 1.29 is 14.7 Å². The Kier molecular flexibility index (Phi) is 4.37. The molecule has 100 valence electrons. The van der Waals surface area contributed by atoms with E-state index in [1.165, 1.54) is 7.11 Å². The maximum Gasteiger partial charge on any atom is 0.313 e. The number of carboxylic acids is 1. The topological polar surface area (TPSA) is 100 Å². The van der Waals surface area contributed by atoms with Crippen LogP contribution in [0.4, 0.5) is 5.69 Å². The van der Waals surface area contributed by atoms with Crippen LogP contribution < -0.4 is 5.48 Å². The predicted octanol–water partition coefficient (Wildman–Crippen LogP) is 1.62. The molecule has 0 unspecified atom stereocenters. The molecule has 0 aliphatic heterocycles. The summed E-state index contributed by atoms with van der Waals surface area (Å²) >= 11 is 1.09. The normalized spacial score (nSPS) is 10.4. The Morgan fingerprint density at radius 3 is 3.11 bits per heavy atom. The van der Waals surface area contributed by atoms with Crippen LogP contribution in [0.15, 0.2) is 29.4 Å². The van der Waals surface area contributed by atoms with Gasteiger partial charge in [-0.1, -0.05) is 23.9 Å². The second-order valence-corrected chi connectivity index (χ2v) is 4.51.